The van der Waals surface area contributed by atoms with Crippen LogP contribution in [0.25, 0.3) is 0 Å². The number of rotatable bonds is 3. The van der Waals surface area contributed by atoms with E-state index in [1.807, 2.05) is 18.2 Å². The summed E-state index contributed by atoms with van der Waals surface area (Å²) in [4.78, 5) is 14.3. The Hall–Kier alpha value is -3.35. The lowest BCUT2D eigenvalue weighted by Crippen LogP contribution is -2.26. The molecule has 0 aliphatic carbocycles. The third-order valence-corrected chi connectivity index (χ3v) is 4.45. The highest BCUT2D eigenvalue weighted by atomic mass is 19.2. The molecule has 1 N–H and O–H groups in total. The number of hydrogen-bond donors (Lipinski definition) is 1. The van der Waals surface area contributed by atoms with Crippen molar-refractivity contribution in [3.63, 3.8) is 0 Å². The summed E-state index contributed by atoms with van der Waals surface area (Å²) < 4.78 is 26.2. The summed E-state index contributed by atoms with van der Waals surface area (Å²) in [5.74, 6) is -1.89. The van der Waals surface area contributed by atoms with Crippen molar-refractivity contribution in [3.8, 4) is 0 Å². The van der Waals surface area contributed by atoms with Gasteiger partial charge in [0.2, 0.25) is 0 Å². The van der Waals surface area contributed by atoms with Crippen molar-refractivity contribution in [2.75, 3.05) is 16.8 Å². The molecule has 0 saturated heterocycles. The number of amides is 1. The average Bonchev–Trinajstić information content (AvgIpc) is 2.70. The summed E-state index contributed by atoms with van der Waals surface area (Å²) in [7, 11) is 0. The van der Waals surface area contributed by atoms with Crippen molar-refractivity contribution in [2.45, 2.75) is 12.8 Å². The van der Waals surface area contributed by atoms with Crippen LogP contribution in [-0.2, 0) is 6.42 Å². The molecule has 0 radical (unpaired) electrons. The fourth-order valence-corrected chi connectivity index (χ4v) is 3.13. The van der Waals surface area contributed by atoms with E-state index in [2.05, 4.69) is 26.5 Å². The third-order valence-electron chi connectivity index (χ3n) is 4.45. The molecule has 4 rings (SSSR count). The van der Waals surface area contributed by atoms with E-state index in [0.29, 0.717) is 5.82 Å². The van der Waals surface area contributed by atoms with Crippen LogP contribution in [0.5, 0.6) is 0 Å². The monoisotopic (exact) mass is 366 g/mol. The topological polar surface area (TPSA) is 58.1 Å². The molecule has 1 aliphatic heterocycles. The molecule has 0 unspecified atom stereocenters. The Balaban J connectivity index is 1.52. The van der Waals surface area contributed by atoms with Crippen molar-refractivity contribution >= 4 is 23.1 Å². The first-order chi connectivity index (χ1) is 13.1. The van der Waals surface area contributed by atoms with Gasteiger partial charge in [-0.05, 0) is 48.7 Å². The maximum absolute atomic E-state index is 13.3. The minimum absolute atomic E-state index is 0.0915. The van der Waals surface area contributed by atoms with Crippen LogP contribution >= 0.6 is 0 Å². The van der Waals surface area contributed by atoms with E-state index in [-0.39, 0.29) is 11.4 Å². The van der Waals surface area contributed by atoms with Crippen LogP contribution in [0.4, 0.5) is 26.0 Å². The van der Waals surface area contributed by atoms with Gasteiger partial charge in [-0.25, -0.2) is 8.78 Å². The van der Waals surface area contributed by atoms with Crippen molar-refractivity contribution in [2.24, 2.45) is 0 Å². The Bertz CT molecular complexity index is 992. The number of carbonyl (C=O) groups is 1. The highest BCUT2D eigenvalue weighted by Gasteiger charge is 2.19. The fraction of sp³-hybridized carbons (Fsp3) is 0.150. The third kappa shape index (κ3) is 3.48. The standard InChI is InChI=1S/C20H16F2N4O/c21-15-8-7-14(12-16(15)22)23-20(27)17-9-10-19(25-24-17)26-11-3-5-13-4-1-2-6-18(13)26/h1-2,4,6-10,12H,3,5,11H2,(H,23,27). The Labute approximate surface area is 154 Å². The predicted molar refractivity (Wildman–Crippen MR) is 98.1 cm³/mol. The average molecular weight is 366 g/mol. The second-order valence-electron chi connectivity index (χ2n) is 6.24. The van der Waals surface area contributed by atoms with Gasteiger partial charge >= 0.3 is 0 Å². The molecule has 0 spiro atoms. The van der Waals surface area contributed by atoms with E-state index < -0.39 is 17.5 Å². The highest BCUT2D eigenvalue weighted by Crippen LogP contribution is 2.31. The van der Waals surface area contributed by atoms with Gasteiger partial charge in [-0.3, -0.25) is 4.79 Å². The van der Waals surface area contributed by atoms with Gasteiger partial charge in [-0.15, -0.1) is 10.2 Å². The number of fused-ring (bicyclic) bond motifs is 1. The van der Waals surface area contributed by atoms with E-state index in [1.54, 1.807) is 12.1 Å². The van der Waals surface area contributed by atoms with E-state index in [1.165, 1.54) is 11.6 Å². The van der Waals surface area contributed by atoms with Crippen LogP contribution in [0.15, 0.2) is 54.6 Å². The lowest BCUT2D eigenvalue weighted by atomic mass is 10.0. The summed E-state index contributed by atoms with van der Waals surface area (Å²) >= 11 is 0. The second-order valence-corrected chi connectivity index (χ2v) is 6.24. The molecule has 3 aromatic rings. The largest absolute Gasteiger partial charge is 0.325 e. The van der Waals surface area contributed by atoms with E-state index >= 15 is 0 Å². The predicted octanol–water partition coefficient (Wildman–Crippen LogP) is 4.09. The summed E-state index contributed by atoms with van der Waals surface area (Å²) in [5, 5.41) is 10.6. The number of nitrogens with zero attached hydrogens (tertiary/aromatic N) is 3. The molecule has 1 amide bonds. The van der Waals surface area contributed by atoms with Crippen LogP contribution < -0.4 is 10.2 Å². The number of para-hydroxylation sites is 1. The Kier molecular flexibility index (Phi) is 4.50. The Morgan fingerprint density at radius 3 is 2.63 bits per heavy atom. The van der Waals surface area contributed by atoms with E-state index in [0.717, 1.165) is 37.2 Å². The minimum atomic E-state index is -1.03. The van der Waals surface area contributed by atoms with Gasteiger partial charge in [-0.1, -0.05) is 18.2 Å². The quantitative estimate of drug-likeness (QED) is 0.758. The van der Waals surface area contributed by atoms with Gasteiger partial charge in [0.05, 0.1) is 0 Å². The first-order valence-electron chi connectivity index (χ1n) is 8.57. The first-order valence-corrected chi connectivity index (χ1v) is 8.57. The zero-order chi connectivity index (χ0) is 18.8. The Morgan fingerprint density at radius 2 is 1.85 bits per heavy atom. The maximum atomic E-state index is 13.3. The lowest BCUT2D eigenvalue weighted by Gasteiger charge is -2.29. The van der Waals surface area contributed by atoms with E-state index in [9.17, 15) is 13.6 Å². The molecule has 136 valence electrons. The van der Waals surface area contributed by atoms with Gasteiger partial charge in [-0.2, -0.15) is 0 Å². The second kappa shape index (κ2) is 7.11. The molecule has 1 aliphatic rings. The number of carbonyl (C=O) groups excluding carboxylic acids is 1. The molecule has 1 aromatic heterocycles. The molecular weight excluding hydrogens is 350 g/mol. The zero-order valence-electron chi connectivity index (χ0n) is 14.3. The van der Waals surface area contributed by atoms with Gasteiger partial charge in [0.1, 0.15) is 0 Å². The summed E-state index contributed by atoms with van der Waals surface area (Å²) in [6.07, 6.45) is 2.03. The molecule has 0 fully saturated rings. The van der Waals surface area contributed by atoms with Crippen LogP contribution in [-0.4, -0.2) is 22.6 Å². The number of benzene rings is 2. The Morgan fingerprint density at radius 1 is 1.00 bits per heavy atom. The molecule has 0 saturated carbocycles. The number of nitrogens with one attached hydrogen (secondary N) is 1. The first kappa shape index (κ1) is 17.1. The van der Waals surface area contributed by atoms with Gasteiger partial charge < -0.3 is 10.2 Å². The smallest absolute Gasteiger partial charge is 0.276 e. The molecule has 2 heterocycles. The van der Waals surface area contributed by atoms with Gasteiger partial charge in [0.15, 0.2) is 23.1 Å². The van der Waals surface area contributed by atoms with Crippen molar-refractivity contribution in [1.82, 2.24) is 10.2 Å². The van der Waals surface area contributed by atoms with Gasteiger partial charge in [0.25, 0.3) is 5.91 Å². The number of aromatic nitrogens is 2. The van der Waals surface area contributed by atoms with Crippen LogP contribution in [0.2, 0.25) is 0 Å². The molecule has 7 heteroatoms. The fourth-order valence-electron chi connectivity index (χ4n) is 3.13. The molecule has 27 heavy (non-hydrogen) atoms. The number of hydrogen-bond acceptors (Lipinski definition) is 4. The van der Waals surface area contributed by atoms with E-state index in [4.69, 9.17) is 0 Å². The highest BCUT2D eigenvalue weighted by molar-refractivity contribution is 6.02. The van der Waals surface area contributed by atoms with Crippen LogP contribution in [0, 0.1) is 11.6 Å². The summed E-state index contributed by atoms with van der Waals surface area (Å²) in [6.45, 7) is 0.825. The van der Waals surface area contributed by atoms with Gasteiger partial charge in [0, 0.05) is 24.0 Å². The number of anilines is 3. The van der Waals surface area contributed by atoms with Crippen LogP contribution in [0.1, 0.15) is 22.5 Å². The molecule has 0 bridgehead atoms. The minimum Gasteiger partial charge on any atom is -0.325 e. The normalized spacial score (nSPS) is 13.2. The van der Waals surface area contributed by atoms with Crippen molar-refractivity contribution in [1.29, 1.82) is 0 Å². The summed E-state index contributed by atoms with van der Waals surface area (Å²) in [6, 6.07) is 14.6. The number of halogens is 2. The van der Waals surface area contributed by atoms with Crippen LogP contribution in [0.3, 0.4) is 0 Å². The molecule has 5 nitrogen and oxygen atoms in total. The maximum Gasteiger partial charge on any atom is 0.276 e. The zero-order valence-corrected chi connectivity index (χ0v) is 14.3. The molecule has 2 aromatic carbocycles. The molecule has 0 atom stereocenters. The summed E-state index contributed by atoms with van der Waals surface area (Å²) in [5.41, 5.74) is 2.59. The molecular formula is C20H16F2N4O. The SMILES string of the molecule is O=C(Nc1ccc(F)c(F)c1)c1ccc(N2CCCc3ccccc32)nn1. The van der Waals surface area contributed by atoms with Crippen molar-refractivity contribution < 1.29 is 13.6 Å². The van der Waals surface area contributed by atoms with Crippen molar-refractivity contribution in [3.05, 3.63) is 77.5 Å². The lowest BCUT2D eigenvalue weighted by molar-refractivity contribution is 0.102. The number of aryl methyl sites for hydroxylation is 1.